The monoisotopic (exact) mass is 318 g/mol. The molecule has 0 aliphatic carbocycles. The van der Waals surface area contributed by atoms with Crippen LogP contribution in [0.5, 0.6) is 0 Å². The second-order valence-corrected chi connectivity index (χ2v) is 5.53. The van der Waals surface area contributed by atoms with E-state index in [4.69, 9.17) is 11.6 Å². The lowest BCUT2D eigenvalue weighted by Gasteiger charge is -2.11. The number of benzene rings is 1. The van der Waals surface area contributed by atoms with Crippen LogP contribution in [0.3, 0.4) is 0 Å². The molecule has 0 fully saturated rings. The molecule has 6 heteroatoms. The quantitative estimate of drug-likeness (QED) is 0.860. The Morgan fingerprint density at radius 3 is 2.77 bits per heavy atom. The van der Waals surface area contributed by atoms with Gasteiger partial charge in [0.25, 0.3) is 5.91 Å². The summed E-state index contributed by atoms with van der Waals surface area (Å²) in [6.45, 7) is 1.38. The lowest BCUT2D eigenvalue weighted by Crippen LogP contribution is -2.31. The number of anilines is 2. The van der Waals surface area contributed by atoms with E-state index < -0.39 is 0 Å². The molecule has 2 rings (SSSR count). The van der Waals surface area contributed by atoms with E-state index in [1.165, 1.54) is 0 Å². The first-order valence-electron chi connectivity index (χ1n) is 6.96. The Kier molecular flexibility index (Phi) is 5.75. The predicted octanol–water partition coefficient (Wildman–Crippen LogP) is 2.77. The normalized spacial score (nSPS) is 10.5. The number of carbonyl (C=O) groups is 1. The minimum atomic E-state index is -0.142. The van der Waals surface area contributed by atoms with E-state index in [-0.39, 0.29) is 5.91 Å². The van der Waals surface area contributed by atoms with E-state index in [9.17, 15) is 4.79 Å². The van der Waals surface area contributed by atoms with E-state index in [2.05, 4.69) is 15.6 Å². The first-order chi connectivity index (χ1) is 10.6. The van der Waals surface area contributed by atoms with Crippen molar-refractivity contribution in [3.8, 4) is 0 Å². The molecule has 0 unspecified atom stereocenters. The second-order valence-electron chi connectivity index (χ2n) is 5.13. The van der Waals surface area contributed by atoms with Gasteiger partial charge < -0.3 is 15.5 Å². The van der Waals surface area contributed by atoms with Gasteiger partial charge in [-0.2, -0.15) is 0 Å². The standard InChI is InChI=1S/C16H19ClN4O/c1-21(2)8-7-19-16(22)12-9-13(11-18-10-12)20-15-6-4-3-5-14(15)17/h3-6,9-11,20H,7-8H2,1-2H3,(H,19,22). The second kappa shape index (κ2) is 7.77. The Morgan fingerprint density at radius 2 is 2.05 bits per heavy atom. The number of pyridine rings is 1. The summed E-state index contributed by atoms with van der Waals surface area (Å²) in [6.07, 6.45) is 3.20. The average molecular weight is 319 g/mol. The zero-order chi connectivity index (χ0) is 15.9. The van der Waals surface area contributed by atoms with Gasteiger partial charge >= 0.3 is 0 Å². The predicted molar refractivity (Wildman–Crippen MR) is 89.9 cm³/mol. The summed E-state index contributed by atoms with van der Waals surface area (Å²) in [5.41, 5.74) is 2.00. The van der Waals surface area contributed by atoms with Gasteiger partial charge in [-0.3, -0.25) is 9.78 Å². The highest BCUT2D eigenvalue weighted by Crippen LogP contribution is 2.24. The van der Waals surface area contributed by atoms with Crippen molar-refractivity contribution in [3.05, 3.63) is 53.3 Å². The topological polar surface area (TPSA) is 57.3 Å². The summed E-state index contributed by atoms with van der Waals surface area (Å²) in [4.78, 5) is 18.2. The van der Waals surface area contributed by atoms with Crippen LogP contribution in [-0.2, 0) is 0 Å². The summed E-state index contributed by atoms with van der Waals surface area (Å²) in [6, 6.07) is 9.17. The number of hydrogen-bond acceptors (Lipinski definition) is 4. The zero-order valence-electron chi connectivity index (χ0n) is 12.6. The Morgan fingerprint density at radius 1 is 1.27 bits per heavy atom. The molecule has 0 atom stereocenters. The molecule has 2 aromatic rings. The van der Waals surface area contributed by atoms with Crippen molar-refractivity contribution in [1.82, 2.24) is 15.2 Å². The summed E-state index contributed by atoms with van der Waals surface area (Å²) in [5.74, 6) is -0.142. The SMILES string of the molecule is CN(C)CCNC(=O)c1cncc(Nc2ccccc2Cl)c1. The number of likely N-dealkylation sites (N-methyl/N-ethyl adjacent to an activating group) is 1. The average Bonchev–Trinajstić information content (AvgIpc) is 2.49. The molecule has 1 aromatic heterocycles. The molecule has 0 radical (unpaired) electrons. The van der Waals surface area contributed by atoms with Crippen LogP contribution in [0, 0.1) is 0 Å². The van der Waals surface area contributed by atoms with Crippen LogP contribution in [0.1, 0.15) is 10.4 Å². The third-order valence-electron chi connectivity index (χ3n) is 3.00. The zero-order valence-corrected chi connectivity index (χ0v) is 13.4. The van der Waals surface area contributed by atoms with Crippen LogP contribution in [0.25, 0.3) is 0 Å². The highest BCUT2D eigenvalue weighted by atomic mass is 35.5. The summed E-state index contributed by atoms with van der Waals surface area (Å²) in [7, 11) is 3.92. The van der Waals surface area contributed by atoms with Crippen LogP contribution in [0.2, 0.25) is 5.02 Å². The van der Waals surface area contributed by atoms with Crippen molar-refractivity contribution in [2.24, 2.45) is 0 Å². The first-order valence-corrected chi connectivity index (χ1v) is 7.33. The first kappa shape index (κ1) is 16.3. The number of para-hydroxylation sites is 1. The third-order valence-corrected chi connectivity index (χ3v) is 3.33. The van der Waals surface area contributed by atoms with Crippen molar-refractivity contribution in [2.75, 3.05) is 32.5 Å². The number of halogens is 1. The van der Waals surface area contributed by atoms with Crippen LogP contribution in [0.15, 0.2) is 42.7 Å². The number of nitrogens with zero attached hydrogens (tertiary/aromatic N) is 2. The minimum Gasteiger partial charge on any atom is -0.353 e. The molecule has 22 heavy (non-hydrogen) atoms. The number of carbonyl (C=O) groups excluding carboxylic acids is 1. The Bertz CT molecular complexity index is 646. The molecule has 0 saturated heterocycles. The number of nitrogens with one attached hydrogen (secondary N) is 2. The van der Waals surface area contributed by atoms with Crippen molar-refractivity contribution in [1.29, 1.82) is 0 Å². The van der Waals surface area contributed by atoms with E-state index in [1.54, 1.807) is 24.5 Å². The fourth-order valence-corrected chi connectivity index (χ4v) is 2.03. The molecule has 2 N–H and O–H groups in total. The van der Waals surface area contributed by atoms with Gasteiger partial charge in [-0.1, -0.05) is 23.7 Å². The van der Waals surface area contributed by atoms with Gasteiger partial charge in [0.05, 0.1) is 28.2 Å². The molecule has 1 heterocycles. The maximum absolute atomic E-state index is 12.1. The molecular formula is C16H19ClN4O. The van der Waals surface area contributed by atoms with Gasteiger partial charge in [0.1, 0.15) is 0 Å². The number of rotatable bonds is 6. The highest BCUT2D eigenvalue weighted by Gasteiger charge is 2.07. The van der Waals surface area contributed by atoms with E-state index in [0.29, 0.717) is 22.8 Å². The van der Waals surface area contributed by atoms with Crippen LogP contribution < -0.4 is 10.6 Å². The molecule has 0 spiro atoms. The fourth-order valence-electron chi connectivity index (χ4n) is 1.85. The number of amides is 1. The summed E-state index contributed by atoms with van der Waals surface area (Å²) >= 11 is 6.11. The molecule has 0 saturated carbocycles. The van der Waals surface area contributed by atoms with Crippen molar-refractivity contribution in [3.63, 3.8) is 0 Å². The van der Waals surface area contributed by atoms with Gasteiger partial charge in [0.2, 0.25) is 0 Å². The van der Waals surface area contributed by atoms with Gasteiger partial charge in [-0.05, 0) is 32.3 Å². The Labute approximate surface area is 135 Å². The van der Waals surface area contributed by atoms with Crippen LogP contribution >= 0.6 is 11.6 Å². The van der Waals surface area contributed by atoms with E-state index >= 15 is 0 Å². The smallest absolute Gasteiger partial charge is 0.252 e. The van der Waals surface area contributed by atoms with Crippen LogP contribution in [-0.4, -0.2) is 43.0 Å². The number of aromatic nitrogens is 1. The van der Waals surface area contributed by atoms with E-state index in [0.717, 1.165) is 12.2 Å². The van der Waals surface area contributed by atoms with Gasteiger partial charge in [0.15, 0.2) is 0 Å². The molecular weight excluding hydrogens is 300 g/mol. The Hall–Kier alpha value is -2.11. The van der Waals surface area contributed by atoms with E-state index in [1.807, 2.05) is 37.2 Å². The lowest BCUT2D eigenvalue weighted by atomic mass is 10.2. The number of hydrogen-bond donors (Lipinski definition) is 2. The lowest BCUT2D eigenvalue weighted by molar-refractivity contribution is 0.0950. The van der Waals surface area contributed by atoms with Crippen molar-refractivity contribution < 1.29 is 4.79 Å². The fraction of sp³-hybridized carbons (Fsp3) is 0.250. The molecule has 0 aliphatic rings. The third kappa shape index (κ3) is 4.72. The Balaban J connectivity index is 2.03. The molecule has 1 amide bonds. The molecule has 0 aliphatic heterocycles. The highest BCUT2D eigenvalue weighted by molar-refractivity contribution is 6.33. The van der Waals surface area contributed by atoms with Crippen molar-refractivity contribution >= 4 is 28.9 Å². The molecule has 1 aromatic carbocycles. The minimum absolute atomic E-state index is 0.142. The van der Waals surface area contributed by atoms with Crippen molar-refractivity contribution in [2.45, 2.75) is 0 Å². The van der Waals surface area contributed by atoms with Crippen LogP contribution in [0.4, 0.5) is 11.4 Å². The largest absolute Gasteiger partial charge is 0.353 e. The summed E-state index contributed by atoms with van der Waals surface area (Å²) in [5, 5.41) is 6.63. The maximum Gasteiger partial charge on any atom is 0.252 e. The molecule has 0 bridgehead atoms. The van der Waals surface area contributed by atoms with Gasteiger partial charge in [-0.25, -0.2) is 0 Å². The summed E-state index contributed by atoms with van der Waals surface area (Å²) < 4.78 is 0. The molecule has 116 valence electrons. The van der Waals surface area contributed by atoms with Gasteiger partial charge in [0, 0.05) is 19.3 Å². The van der Waals surface area contributed by atoms with Gasteiger partial charge in [-0.15, -0.1) is 0 Å². The molecule has 5 nitrogen and oxygen atoms in total. The maximum atomic E-state index is 12.1.